The molecule has 1 aromatic heterocycles. The van der Waals surface area contributed by atoms with Gasteiger partial charge in [0.2, 0.25) is 0 Å². The average molecular weight is 342 g/mol. The first-order valence-electron chi connectivity index (χ1n) is 7.04. The van der Waals surface area contributed by atoms with Crippen LogP contribution in [0.4, 0.5) is 0 Å². The number of aromatic nitrogens is 2. The normalized spacial score (nSPS) is 11.2. The minimum Gasteiger partial charge on any atom is -0.423 e. The zero-order valence-corrected chi connectivity index (χ0v) is 13.6. The summed E-state index contributed by atoms with van der Waals surface area (Å²) in [6.45, 7) is 0. The molecule has 24 heavy (non-hydrogen) atoms. The fraction of sp³-hybridized carbons (Fsp3) is 0.0588. The van der Waals surface area contributed by atoms with Crippen LogP contribution < -0.4 is 4.74 Å². The van der Waals surface area contributed by atoms with Gasteiger partial charge in [0.1, 0.15) is 5.75 Å². The van der Waals surface area contributed by atoms with Crippen molar-refractivity contribution in [3.63, 3.8) is 0 Å². The van der Waals surface area contributed by atoms with Gasteiger partial charge in [0.05, 0.1) is 28.7 Å². The molecule has 122 valence electrons. The van der Waals surface area contributed by atoms with Crippen molar-refractivity contribution in [1.82, 2.24) is 9.97 Å². The number of hydrogen-bond donors (Lipinski definition) is 1. The van der Waals surface area contributed by atoms with Crippen molar-refractivity contribution >= 4 is 15.8 Å². The van der Waals surface area contributed by atoms with Gasteiger partial charge in [-0.05, 0) is 54.1 Å². The second-order valence-corrected chi connectivity index (χ2v) is 7.19. The maximum absolute atomic E-state index is 12.1. The lowest BCUT2D eigenvalue weighted by Gasteiger charge is -2.06. The third-order valence-electron chi connectivity index (χ3n) is 3.39. The minimum absolute atomic E-state index is 0.156. The molecule has 0 atom stereocenters. The minimum atomic E-state index is -3.29. The van der Waals surface area contributed by atoms with E-state index < -0.39 is 15.8 Å². The molecule has 3 rings (SSSR count). The Balaban J connectivity index is 1.73. The third-order valence-corrected chi connectivity index (χ3v) is 4.52. The number of imidazole rings is 1. The van der Waals surface area contributed by atoms with Crippen LogP contribution in [0.5, 0.6) is 5.75 Å². The van der Waals surface area contributed by atoms with Crippen LogP contribution in [0.1, 0.15) is 10.4 Å². The third kappa shape index (κ3) is 3.52. The number of rotatable bonds is 4. The van der Waals surface area contributed by atoms with E-state index >= 15 is 0 Å². The van der Waals surface area contributed by atoms with Crippen LogP contribution >= 0.6 is 0 Å². The van der Waals surface area contributed by atoms with Gasteiger partial charge in [0.15, 0.2) is 9.84 Å². The van der Waals surface area contributed by atoms with Crippen LogP contribution in [0.2, 0.25) is 0 Å². The molecule has 0 radical (unpaired) electrons. The van der Waals surface area contributed by atoms with Gasteiger partial charge in [-0.2, -0.15) is 0 Å². The predicted octanol–water partition coefficient (Wildman–Crippen LogP) is 2.70. The van der Waals surface area contributed by atoms with E-state index in [4.69, 9.17) is 4.74 Å². The van der Waals surface area contributed by atoms with Gasteiger partial charge in [-0.3, -0.25) is 0 Å². The molecule has 2 aromatic carbocycles. The van der Waals surface area contributed by atoms with Crippen molar-refractivity contribution < 1.29 is 17.9 Å². The Bertz CT molecular complexity index is 945. The number of esters is 1. The highest BCUT2D eigenvalue weighted by atomic mass is 32.2. The summed E-state index contributed by atoms with van der Waals surface area (Å²) in [4.78, 5) is 19.2. The molecule has 0 aliphatic rings. The number of H-pyrrole nitrogens is 1. The van der Waals surface area contributed by atoms with Crippen molar-refractivity contribution in [3.8, 4) is 17.0 Å². The summed E-state index contributed by atoms with van der Waals surface area (Å²) in [6.07, 6.45) is 4.40. The van der Waals surface area contributed by atoms with E-state index in [0.717, 1.165) is 17.5 Å². The van der Waals surface area contributed by atoms with E-state index in [-0.39, 0.29) is 10.5 Å². The number of ether oxygens (including phenoxy) is 1. The first-order chi connectivity index (χ1) is 11.4. The number of aromatic amines is 1. The molecule has 1 N–H and O–H groups in total. The molecule has 0 unspecified atom stereocenters. The number of benzene rings is 2. The van der Waals surface area contributed by atoms with Gasteiger partial charge < -0.3 is 9.72 Å². The number of nitrogens with one attached hydrogen (secondary N) is 1. The number of nitrogens with zero attached hydrogens (tertiary/aromatic N) is 1. The van der Waals surface area contributed by atoms with Gasteiger partial charge in [-0.1, -0.05) is 0 Å². The molecular formula is C17H14N2O4S. The summed E-state index contributed by atoms with van der Waals surface area (Å²) in [7, 11) is -3.29. The van der Waals surface area contributed by atoms with Crippen LogP contribution in [0.15, 0.2) is 66.0 Å². The first kappa shape index (κ1) is 15.9. The number of carbonyl (C=O) groups excluding carboxylic acids is 1. The summed E-state index contributed by atoms with van der Waals surface area (Å²) in [6, 6.07) is 12.6. The molecule has 7 heteroatoms. The van der Waals surface area contributed by atoms with E-state index in [1.165, 1.54) is 24.3 Å². The largest absolute Gasteiger partial charge is 0.423 e. The molecule has 0 spiro atoms. The molecule has 3 aromatic rings. The van der Waals surface area contributed by atoms with E-state index in [2.05, 4.69) is 9.97 Å². The fourth-order valence-corrected chi connectivity index (χ4v) is 2.75. The summed E-state index contributed by atoms with van der Waals surface area (Å²) in [5.41, 5.74) is 2.06. The molecule has 0 bridgehead atoms. The lowest BCUT2D eigenvalue weighted by Crippen LogP contribution is -2.08. The van der Waals surface area contributed by atoms with Crippen LogP contribution in [0, 0.1) is 0 Å². The predicted molar refractivity (Wildman–Crippen MR) is 88.5 cm³/mol. The Labute approximate surface area is 139 Å². The second kappa shape index (κ2) is 6.29. The summed E-state index contributed by atoms with van der Waals surface area (Å²) < 4.78 is 28.1. The van der Waals surface area contributed by atoms with Crippen LogP contribution in [0.25, 0.3) is 11.3 Å². The van der Waals surface area contributed by atoms with Crippen molar-refractivity contribution in [2.75, 3.05) is 6.26 Å². The Morgan fingerprint density at radius 2 is 1.71 bits per heavy atom. The van der Waals surface area contributed by atoms with Crippen molar-refractivity contribution in [1.29, 1.82) is 0 Å². The zero-order chi connectivity index (χ0) is 17.2. The number of sulfone groups is 1. The topological polar surface area (TPSA) is 89.1 Å². The molecule has 0 amide bonds. The standard InChI is InChI=1S/C17H14N2O4S/c1-24(21,22)15-8-4-13(5-9-15)17(20)23-14-6-2-12(3-7-14)16-10-18-11-19-16/h2-11H,1H3,(H,18,19). The van der Waals surface area contributed by atoms with Crippen molar-refractivity contribution in [3.05, 3.63) is 66.6 Å². The van der Waals surface area contributed by atoms with E-state index in [1.54, 1.807) is 24.7 Å². The highest BCUT2D eigenvalue weighted by Gasteiger charge is 2.12. The van der Waals surface area contributed by atoms with Gasteiger partial charge in [0, 0.05) is 6.26 Å². The number of carbonyl (C=O) groups is 1. The summed E-state index contributed by atoms with van der Waals surface area (Å²) >= 11 is 0. The van der Waals surface area contributed by atoms with E-state index in [9.17, 15) is 13.2 Å². The molecule has 0 saturated heterocycles. The van der Waals surface area contributed by atoms with E-state index in [1.807, 2.05) is 12.1 Å². The Morgan fingerprint density at radius 3 is 2.25 bits per heavy atom. The first-order valence-corrected chi connectivity index (χ1v) is 8.94. The summed E-state index contributed by atoms with van der Waals surface area (Å²) in [5, 5.41) is 0. The Hall–Kier alpha value is -2.93. The lowest BCUT2D eigenvalue weighted by molar-refractivity contribution is 0.0734. The SMILES string of the molecule is CS(=O)(=O)c1ccc(C(=O)Oc2ccc(-c3cnc[nH]3)cc2)cc1. The number of hydrogen-bond acceptors (Lipinski definition) is 5. The van der Waals surface area contributed by atoms with E-state index in [0.29, 0.717) is 5.75 Å². The quantitative estimate of drug-likeness (QED) is 0.582. The maximum Gasteiger partial charge on any atom is 0.343 e. The van der Waals surface area contributed by atoms with Gasteiger partial charge in [-0.15, -0.1) is 0 Å². The summed E-state index contributed by atoms with van der Waals surface area (Å²) in [5.74, 6) is -0.153. The van der Waals surface area contributed by atoms with Gasteiger partial charge in [0.25, 0.3) is 0 Å². The van der Waals surface area contributed by atoms with Crippen LogP contribution in [0.3, 0.4) is 0 Å². The molecule has 0 aliphatic heterocycles. The molecule has 0 fully saturated rings. The second-order valence-electron chi connectivity index (χ2n) is 5.18. The maximum atomic E-state index is 12.1. The van der Waals surface area contributed by atoms with Crippen molar-refractivity contribution in [2.24, 2.45) is 0 Å². The molecule has 1 heterocycles. The molecule has 6 nitrogen and oxygen atoms in total. The molecular weight excluding hydrogens is 328 g/mol. The van der Waals surface area contributed by atoms with Gasteiger partial charge >= 0.3 is 5.97 Å². The highest BCUT2D eigenvalue weighted by molar-refractivity contribution is 7.90. The van der Waals surface area contributed by atoms with Crippen LogP contribution in [-0.4, -0.2) is 30.6 Å². The van der Waals surface area contributed by atoms with Gasteiger partial charge in [-0.25, -0.2) is 18.2 Å². The Morgan fingerprint density at radius 1 is 1.04 bits per heavy atom. The average Bonchev–Trinajstić information content (AvgIpc) is 3.09. The molecule has 0 saturated carbocycles. The smallest absolute Gasteiger partial charge is 0.343 e. The molecule has 0 aliphatic carbocycles. The lowest BCUT2D eigenvalue weighted by atomic mass is 10.1. The van der Waals surface area contributed by atoms with Crippen LogP contribution in [-0.2, 0) is 9.84 Å². The Kier molecular flexibility index (Phi) is 4.18. The zero-order valence-electron chi connectivity index (χ0n) is 12.8. The highest BCUT2D eigenvalue weighted by Crippen LogP contribution is 2.21. The monoisotopic (exact) mass is 342 g/mol. The van der Waals surface area contributed by atoms with Crippen molar-refractivity contribution in [2.45, 2.75) is 4.90 Å². The fourth-order valence-electron chi connectivity index (χ4n) is 2.12.